The van der Waals surface area contributed by atoms with Crippen molar-refractivity contribution >= 4 is 35.1 Å². The highest BCUT2D eigenvalue weighted by Crippen LogP contribution is 2.35. The summed E-state index contributed by atoms with van der Waals surface area (Å²) >= 11 is 0. The Hall–Kier alpha value is -5.24. The molecule has 0 fully saturated rings. The second kappa shape index (κ2) is 14.0. The number of carbonyl (C=O) groups is 4. The van der Waals surface area contributed by atoms with E-state index in [0.29, 0.717) is 24.0 Å². The molecule has 2 aliphatic rings. The summed E-state index contributed by atoms with van der Waals surface area (Å²) in [5, 5.41) is 9.06. The Morgan fingerprint density at radius 3 is 1.51 bits per heavy atom. The average molecular weight is 633 g/mol. The van der Waals surface area contributed by atoms with Gasteiger partial charge in [0.05, 0.1) is 18.2 Å². The van der Waals surface area contributed by atoms with E-state index in [2.05, 4.69) is 12.1 Å². The maximum atomic E-state index is 12.0. The van der Waals surface area contributed by atoms with Gasteiger partial charge in [-0.3, -0.25) is 9.59 Å². The van der Waals surface area contributed by atoms with Gasteiger partial charge in [-0.05, 0) is 120 Å². The molecule has 4 aromatic carbocycles. The number of methoxy groups -OCH3 is 1. The number of nitrogens with zero attached hydrogens (tertiary/aromatic N) is 2. The minimum Gasteiger partial charge on any atom is -0.478 e. The zero-order valence-electron chi connectivity index (χ0n) is 27.6. The van der Waals surface area contributed by atoms with Gasteiger partial charge >= 0.3 is 11.9 Å². The van der Waals surface area contributed by atoms with Crippen molar-refractivity contribution in [1.82, 2.24) is 0 Å². The zero-order chi connectivity index (χ0) is 33.8. The van der Waals surface area contributed by atoms with Gasteiger partial charge in [-0.15, -0.1) is 0 Å². The van der Waals surface area contributed by atoms with E-state index in [4.69, 9.17) is 9.84 Å². The first-order valence-electron chi connectivity index (χ1n) is 16.0. The summed E-state index contributed by atoms with van der Waals surface area (Å²) in [7, 11) is 1.38. The summed E-state index contributed by atoms with van der Waals surface area (Å²) < 4.78 is 4.77. The molecule has 0 radical (unpaired) electrons. The molecule has 242 valence electrons. The number of esters is 1. The van der Waals surface area contributed by atoms with Crippen LogP contribution in [0.25, 0.3) is 22.3 Å². The Kier molecular flexibility index (Phi) is 9.89. The number of amides is 2. The molecule has 2 aliphatic heterocycles. The minimum absolute atomic E-state index is 0.151. The number of carboxylic acids is 1. The van der Waals surface area contributed by atoms with Crippen molar-refractivity contribution in [2.45, 2.75) is 53.4 Å². The number of aromatic carboxylic acids is 1. The topological polar surface area (TPSA) is 104 Å². The van der Waals surface area contributed by atoms with Crippen LogP contribution in [-0.2, 0) is 27.2 Å². The quantitative estimate of drug-likeness (QED) is 0.222. The summed E-state index contributed by atoms with van der Waals surface area (Å²) in [6, 6.07) is 23.1. The van der Waals surface area contributed by atoms with Crippen LogP contribution in [0.3, 0.4) is 0 Å². The molecule has 2 amide bonds. The van der Waals surface area contributed by atoms with Crippen molar-refractivity contribution < 1.29 is 29.0 Å². The predicted molar refractivity (Wildman–Crippen MR) is 184 cm³/mol. The highest BCUT2D eigenvalue weighted by molar-refractivity contribution is 5.97. The van der Waals surface area contributed by atoms with Gasteiger partial charge < -0.3 is 19.6 Å². The minimum atomic E-state index is -0.915. The van der Waals surface area contributed by atoms with Crippen molar-refractivity contribution in [3.05, 3.63) is 106 Å². The molecule has 8 nitrogen and oxygen atoms in total. The van der Waals surface area contributed by atoms with Crippen LogP contribution in [0.2, 0.25) is 0 Å². The number of hydrogen-bond acceptors (Lipinski definition) is 5. The van der Waals surface area contributed by atoms with Gasteiger partial charge in [-0.25, -0.2) is 9.59 Å². The van der Waals surface area contributed by atoms with E-state index in [1.807, 2.05) is 80.0 Å². The van der Waals surface area contributed by atoms with Crippen LogP contribution in [0, 0.1) is 13.8 Å². The molecule has 8 heteroatoms. The van der Waals surface area contributed by atoms with E-state index < -0.39 is 5.97 Å². The number of rotatable bonds is 6. The normalized spacial score (nSPS) is 13.0. The lowest BCUT2D eigenvalue weighted by molar-refractivity contribution is -0.119. The molecular formula is C39H40N2O6. The van der Waals surface area contributed by atoms with Crippen molar-refractivity contribution in [3.63, 3.8) is 0 Å². The number of hydrogen-bond donors (Lipinski definition) is 1. The first-order valence-corrected chi connectivity index (χ1v) is 16.0. The number of benzene rings is 4. The molecule has 0 saturated carbocycles. The molecule has 0 aromatic heterocycles. The van der Waals surface area contributed by atoms with E-state index in [1.165, 1.54) is 18.2 Å². The first-order chi connectivity index (χ1) is 22.6. The predicted octanol–water partition coefficient (Wildman–Crippen LogP) is 7.41. The number of anilines is 2. The Labute approximate surface area is 275 Å². The molecule has 4 aromatic rings. The number of carbonyl (C=O) groups excluding carboxylic acids is 3. The smallest absolute Gasteiger partial charge is 0.337 e. The molecule has 0 atom stereocenters. The molecule has 2 heterocycles. The SMILES string of the molecule is CCC(=O)N1CCc2cc(-c3ccc(C(=O)O)cc3C)ccc21.CCC(=O)N1CCc2cc(-c3ccc(C(=O)OC)cc3C)ccc21. The molecule has 0 saturated heterocycles. The van der Waals surface area contributed by atoms with E-state index in [9.17, 15) is 19.2 Å². The van der Waals surface area contributed by atoms with Gasteiger partial charge in [-0.1, -0.05) is 38.1 Å². The molecule has 1 N–H and O–H groups in total. The standard InChI is InChI=1S/C20H21NO3.C19H19NO3/c1-4-19(22)21-10-9-15-12-14(6-8-18(15)21)17-7-5-16(11-13(17)2)20(23)24-3;1-3-18(21)20-9-8-14-11-13(5-7-17(14)20)16-6-4-15(19(22)23)10-12(16)2/h5-8,11-12H,4,9-10H2,1-3H3;4-7,10-11H,3,8-9H2,1-2H3,(H,22,23). The average Bonchev–Trinajstić information content (AvgIpc) is 3.71. The fourth-order valence-electron chi connectivity index (χ4n) is 6.39. The molecule has 0 spiro atoms. The molecule has 0 bridgehead atoms. The second-order valence-electron chi connectivity index (χ2n) is 11.8. The third kappa shape index (κ3) is 6.82. The van der Waals surface area contributed by atoms with Crippen LogP contribution in [0.4, 0.5) is 11.4 Å². The lowest BCUT2D eigenvalue weighted by atomic mass is 9.96. The van der Waals surface area contributed by atoms with Gasteiger partial charge in [0.1, 0.15) is 0 Å². The summed E-state index contributed by atoms with van der Waals surface area (Å²) in [5.74, 6) is -0.923. The van der Waals surface area contributed by atoms with Crippen molar-refractivity contribution in [2.24, 2.45) is 0 Å². The highest BCUT2D eigenvalue weighted by Gasteiger charge is 2.25. The summed E-state index contributed by atoms with van der Waals surface area (Å²) in [4.78, 5) is 50.4. The number of carboxylic acid groups (broad SMARTS) is 1. The van der Waals surface area contributed by atoms with Crippen LogP contribution in [-0.4, -0.2) is 49.1 Å². The maximum absolute atomic E-state index is 12.0. The van der Waals surface area contributed by atoms with Crippen LogP contribution < -0.4 is 9.80 Å². The van der Waals surface area contributed by atoms with Crippen molar-refractivity contribution in [2.75, 3.05) is 30.0 Å². The highest BCUT2D eigenvalue weighted by atomic mass is 16.5. The van der Waals surface area contributed by atoms with E-state index >= 15 is 0 Å². The van der Waals surface area contributed by atoms with Gasteiger partial charge in [0.2, 0.25) is 11.8 Å². The lowest BCUT2D eigenvalue weighted by Crippen LogP contribution is -2.27. The Bertz CT molecular complexity index is 1880. The summed E-state index contributed by atoms with van der Waals surface area (Å²) in [6.07, 6.45) is 2.78. The largest absolute Gasteiger partial charge is 0.478 e. The number of fused-ring (bicyclic) bond motifs is 2. The van der Waals surface area contributed by atoms with Crippen LogP contribution in [0.1, 0.15) is 69.7 Å². The zero-order valence-corrected chi connectivity index (χ0v) is 27.6. The van der Waals surface area contributed by atoms with Gasteiger partial charge in [-0.2, -0.15) is 0 Å². The second-order valence-corrected chi connectivity index (χ2v) is 11.8. The Balaban J connectivity index is 0.000000185. The molecule has 0 aliphatic carbocycles. The van der Waals surface area contributed by atoms with E-state index in [0.717, 1.165) is 70.7 Å². The van der Waals surface area contributed by atoms with Crippen LogP contribution >= 0.6 is 0 Å². The van der Waals surface area contributed by atoms with Crippen molar-refractivity contribution in [3.8, 4) is 22.3 Å². The summed E-state index contributed by atoms with van der Waals surface area (Å²) in [6.45, 7) is 9.17. The molecule has 0 unspecified atom stereocenters. The maximum Gasteiger partial charge on any atom is 0.337 e. The van der Waals surface area contributed by atoms with Gasteiger partial charge in [0.15, 0.2) is 0 Å². The summed E-state index contributed by atoms with van der Waals surface area (Å²) in [5.41, 5.74) is 11.5. The fourth-order valence-corrected chi connectivity index (χ4v) is 6.39. The Morgan fingerprint density at radius 2 is 1.11 bits per heavy atom. The van der Waals surface area contributed by atoms with E-state index in [1.54, 1.807) is 18.2 Å². The first kappa shape index (κ1) is 33.1. The monoisotopic (exact) mass is 632 g/mol. The van der Waals surface area contributed by atoms with Crippen LogP contribution in [0.15, 0.2) is 72.8 Å². The van der Waals surface area contributed by atoms with Gasteiger partial charge in [0.25, 0.3) is 0 Å². The third-order valence-electron chi connectivity index (χ3n) is 8.90. The molecular weight excluding hydrogens is 592 g/mol. The molecule has 47 heavy (non-hydrogen) atoms. The third-order valence-corrected chi connectivity index (χ3v) is 8.90. The fraction of sp³-hybridized carbons (Fsp3) is 0.282. The van der Waals surface area contributed by atoms with E-state index in [-0.39, 0.29) is 17.8 Å². The van der Waals surface area contributed by atoms with Crippen molar-refractivity contribution in [1.29, 1.82) is 0 Å². The van der Waals surface area contributed by atoms with Gasteiger partial charge in [0, 0.05) is 37.3 Å². The number of ether oxygens (including phenoxy) is 1. The Morgan fingerprint density at radius 1 is 0.660 bits per heavy atom. The number of aryl methyl sites for hydroxylation is 2. The lowest BCUT2D eigenvalue weighted by Gasteiger charge is -2.17. The van der Waals surface area contributed by atoms with Crippen LogP contribution in [0.5, 0.6) is 0 Å². The molecule has 6 rings (SSSR count).